The molecule has 2 aromatic rings. The van der Waals surface area contributed by atoms with Gasteiger partial charge in [0.2, 0.25) is 0 Å². The van der Waals surface area contributed by atoms with Gasteiger partial charge in [-0.1, -0.05) is 30.3 Å². The normalized spacial score (nSPS) is 12.6. The predicted molar refractivity (Wildman–Crippen MR) is 93.1 cm³/mol. The van der Waals surface area contributed by atoms with Gasteiger partial charge in [-0.25, -0.2) is 9.48 Å². The molecule has 0 fully saturated rings. The lowest BCUT2D eigenvalue weighted by Crippen LogP contribution is -2.38. The quantitative estimate of drug-likeness (QED) is 0.730. The molecule has 1 atom stereocenters. The number of benzene rings is 1. The Hall–Kier alpha value is -2.52. The second-order valence-electron chi connectivity index (χ2n) is 6.68. The van der Waals surface area contributed by atoms with Gasteiger partial charge in [0.15, 0.2) is 5.82 Å². The van der Waals surface area contributed by atoms with Crippen molar-refractivity contribution in [1.82, 2.24) is 25.5 Å². The Morgan fingerprint density at radius 3 is 2.69 bits per heavy atom. The topological polar surface area (TPSA) is 111 Å². The van der Waals surface area contributed by atoms with Crippen molar-refractivity contribution in [2.45, 2.75) is 45.6 Å². The molecule has 0 bridgehead atoms. The SMILES string of the molecule is CC(C)(C)OC(=O)NC(COCc1ccccc1)c1nnnn1CCO. The summed E-state index contributed by atoms with van der Waals surface area (Å²) in [5.74, 6) is 0.387. The van der Waals surface area contributed by atoms with Gasteiger partial charge in [-0.05, 0) is 36.8 Å². The molecule has 0 spiro atoms. The number of aliphatic hydroxyl groups excluding tert-OH is 1. The van der Waals surface area contributed by atoms with E-state index in [0.29, 0.717) is 12.4 Å². The average Bonchev–Trinajstić information content (AvgIpc) is 3.02. The van der Waals surface area contributed by atoms with E-state index in [1.54, 1.807) is 20.8 Å². The first-order valence-electron chi connectivity index (χ1n) is 8.37. The minimum absolute atomic E-state index is 0.123. The zero-order chi connectivity index (χ0) is 19.0. The summed E-state index contributed by atoms with van der Waals surface area (Å²) in [5.41, 5.74) is 0.384. The second-order valence-corrected chi connectivity index (χ2v) is 6.68. The molecule has 2 rings (SSSR count). The highest BCUT2D eigenvalue weighted by atomic mass is 16.6. The molecule has 2 N–H and O–H groups in total. The van der Waals surface area contributed by atoms with Gasteiger partial charge in [-0.15, -0.1) is 5.10 Å². The lowest BCUT2D eigenvalue weighted by atomic mass is 10.2. The summed E-state index contributed by atoms with van der Waals surface area (Å²) in [5, 5.41) is 23.3. The molecule has 0 aliphatic heterocycles. The third kappa shape index (κ3) is 6.41. The number of carbonyl (C=O) groups is 1. The highest BCUT2D eigenvalue weighted by Crippen LogP contribution is 2.14. The van der Waals surface area contributed by atoms with Crippen LogP contribution in [-0.4, -0.2) is 50.2 Å². The van der Waals surface area contributed by atoms with Crippen molar-refractivity contribution in [2.24, 2.45) is 0 Å². The second kappa shape index (κ2) is 9.25. The van der Waals surface area contributed by atoms with Gasteiger partial charge >= 0.3 is 6.09 Å². The van der Waals surface area contributed by atoms with Gasteiger partial charge in [0.1, 0.15) is 11.6 Å². The van der Waals surface area contributed by atoms with E-state index in [-0.39, 0.29) is 19.8 Å². The van der Waals surface area contributed by atoms with E-state index < -0.39 is 17.7 Å². The fourth-order valence-corrected chi connectivity index (χ4v) is 2.21. The van der Waals surface area contributed by atoms with Gasteiger partial charge in [0.25, 0.3) is 0 Å². The van der Waals surface area contributed by atoms with Gasteiger partial charge in [0, 0.05) is 0 Å². The summed E-state index contributed by atoms with van der Waals surface area (Å²) < 4.78 is 12.5. The van der Waals surface area contributed by atoms with E-state index in [9.17, 15) is 4.79 Å². The first-order valence-corrected chi connectivity index (χ1v) is 8.37. The van der Waals surface area contributed by atoms with E-state index in [4.69, 9.17) is 14.6 Å². The van der Waals surface area contributed by atoms with Crippen LogP contribution in [0.3, 0.4) is 0 Å². The molecule has 1 unspecified atom stereocenters. The number of nitrogens with one attached hydrogen (secondary N) is 1. The van der Waals surface area contributed by atoms with Crippen LogP contribution < -0.4 is 5.32 Å². The number of tetrazole rings is 1. The van der Waals surface area contributed by atoms with Crippen molar-refractivity contribution in [3.05, 3.63) is 41.7 Å². The number of alkyl carbamates (subject to hydrolysis) is 1. The molecule has 9 heteroatoms. The van der Waals surface area contributed by atoms with Crippen LogP contribution in [0.1, 0.15) is 38.2 Å². The van der Waals surface area contributed by atoms with E-state index >= 15 is 0 Å². The number of ether oxygens (including phenoxy) is 2. The zero-order valence-corrected chi connectivity index (χ0v) is 15.3. The fourth-order valence-electron chi connectivity index (χ4n) is 2.21. The lowest BCUT2D eigenvalue weighted by molar-refractivity contribution is 0.0416. The van der Waals surface area contributed by atoms with E-state index in [1.165, 1.54) is 4.68 Å². The van der Waals surface area contributed by atoms with Crippen molar-refractivity contribution >= 4 is 6.09 Å². The summed E-state index contributed by atoms with van der Waals surface area (Å²) in [7, 11) is 0. The van der Waals surface area contributed by atoms with Crippen LogP contribution >= 0.6 is 0 Å². The van der Waals surface area contributed by atoms with Gasteiger partial charge in [-0.3, -0.25) is 0 Å². The molecular weight excluding hydrogens is 338 g/mol. The number of hydrogen-bond donors (Lipinski definition) is 2. The lowest BCUT2D eigenvalue weighted by Gasteiger charge is -2.23. The predicted octanol–water partition coefficient (Wildman–Crippen LogP) is 1.45. The smallest absolute Gasteiger partial charge is 0.408 e. The molecule has 9 nitrogen and oxygen atoms in total. The molecular formula is C17H25N5O4. The zero-order valence-electron chi connectivity index (χ0n) is 15.3. The van der Waals surface area contributed by atoms with Crippen molar-refractivity contribution in [3.8, 4) is 0 Å². The Labute approximate surface area is 152 Å². The van der Waals surface area contributed by atoms with E-state index in [1.807, 2.05) is 30.3 Å². The highest BCUT2D eigenvalue weighted by molar-refractivity contribution is 5.68. The molecule has 1 aromatic carbocycles. The molecule has 1 aromatic heterocycles. The standard InChI is InChI=1S/C17H25N5O4/c1-17(2,3)26-16(24)18-14(15-19-20-21-22(15)9-10-23)12-25-11-13-7-5-4-6-8-13/h4-8,14,23H,9-12H2,1-3H3,(H,18,24). The van der Waals surface area contributed by atoms with Crippen LogP contribution in [0.25, 0.3) is 0 Å². The molecule has 1 heterocycles. The van der Waals surface area contributed by atoms with Crippen molar-refractivity contribution in [2.75, 3.05) is 13.2 Å². The molecule has 0 aliphatic rings. The molecule has 0 aliphatic carbocycles. The molecule has 0 saturated carbocycles. The largest absolute Gasteiger partial charge is 0.444 e. The number of aliphatic hydroxyl groups is 1. The van der Waals surface area contributed by atoms with Crippen LogP contribution in [-0.2, 0) is 22.6 Å². The minimum Gasteiger partial charge on any atom is -0.444 e. The van der Waals surface area contributed by atoms with Crippen LogP contribution in [0.2, 0.25) is 0 Å². The van der Waals surface area contributed by atoms with Crippen molar-refractivity contribution in [1.29, 1.82) is 0 Å². The molecule has 0 saturated heterocycles. The van der Waals surface area contributed by atoms with Crippen LogP contribution in [0.5, 0.6) is 0 Å². The van der Waals surface area contributed by atoms with Crippen LogP contribution in [0, 0.1) is 0 Å². The number of hydrogen-bond acceptors (Lipinski definition) is 7. The maximum atomic E-state index is 12.2. The monoisotopic (exact) mass is 363 g/mol. The van der Waals surface area contributed by atoms with Gasteiger partial charge < -0.3 is 19.9 Å². The molecule has 26 heavy (non-hydrogen) atoms. The number of aromatic nitrogens is 4. The fraction of sp³-hybridized carbons (Fsp3) is 0.529. The first kappa shape index (κ1) is 19.8. The summed E-state index contributed by atoms with van der Waals surface area (Å²) in [6, 6.07) is 9.07. The summed E-state index contributed by atoms with van der Waals surface area (Å²) in [6.45, 7) is 5.97. The molecule has 0 radical (unpaired) electrons. The Balaban J connectivity index is 2.05. The molecule has 1 amide bonds. The summed E-state index contributed by atoms with van der Waals surface area (Å²) in [4.78, 5) is 12.2. The number of rotatable bonds is 8. The minimum atomic E-state index is -0.628. The van der Waals surface area contributed by atoms with Gasteiger partial charge in [-0.2, -0.15) is 0 Å². The van der Waals surface area contributed by atoms with E-state index in [0.717, 1.165) is 5.56 Å². The Bertz CT molecular complexity index is 684. The van der Waals surface area contributed by atoms with Crippen molar-refractivity contribution < 1.29 is 19.4 Å². The summed E-state index contributed by atoms with van der Waals surface area (Å²) in [6.07, 6.45) is -0.593. The third-order valence-corrected chi connectivity index (χ3v) is 3.27. The Morgan fingerprint density at radius 2 is 2.04 bits per heavy atom. The number of carbonyl (C=O) groups excluding carboxylic acids is 1. The first-order chi connectivity index (χ1) is 12.4. The maximum Gasteiger partial charge on any atom is 0.408 e. The number of amides is 1. The molecule has 142 valence electrons. The van der Waals surface area contributed by atoms with Crippen LogP contribution in [0.15, 0.2) is 30.3 Å². The summed E-state index contributed by atoms with van der Waals surface area (Å²) >= 11 is 0. The average molecular weight is 363 g/mol. The Morgan fingerprint density at radius 1 is 1.31 bits per heavy atom. The highest BCUT2D eigenvalue weighted by Gasteiger charge is 2.25. The van der Waals surface area contributed by atoms with Crippen molar-refractivity contribution in [3.63, 3.8) is 0 Å². The number of nitrogens with zero attached hydrogens (tertiary/aromatic N) is 4. The Kier molecular flexibility index (Phi) is 7.05. The van der Waals surface area contributed by atoms with E-state index in [2.05, 4.69) is 20.8 Å². The maximum absolute atomic E-state index is 12.2. The third-order valence-electron chi connectivity index (χ3n) is 3.27. The van der Waals surface area contributed by atoms with Crippen LogP contribution in [0.4, 0.5) is 4.79 Å². The van der Waals surface area contributed by atoms with Gasteiger partial charge in [0.05, 0.1) is 26.4 Å².